The zero-order valence-electron chi connectivity index (χ0n) is 12.8. The first-order valence-electron chi connectivity index (χ1n) is 8.26. The second-order valence-corrected chi connectivity index (χ2v) is 6.35. The molecule has 2 aliphatic rings. The van der Waals surface area contributed by atoms with Crippen LogP contribution in [0.4, 0.5) is 0 Å². The fraction of sp³-hybridized carbons (Fsp3) is 0.875. The third-order valence-corrected chi connectivity index (χ3v) is 4.63. The van der Waals surface area contributed by atoms with Crippen molar-refractivity contribution < 1.29 is 19.4 Å². The molecule has 1 saturated heterocycles. The summed E-state index contributed by atoms with van der Waals surface area (Å²) in [6.07, 6.45) is 8.98. The molecule has 1 amide bonds. The number of rotatable bonds is 6. The SMILES string of the molecule is O=C(O)CC[C@@H]1CCCN(C(=O)COC2CCCCC2)C1. The van der Waals surface area contributed by atoms with Crippen LogP contribution in [0.5, 0.6) is 0 Å². The molecule has 2 rings (SSSR count). The van der Waals surface area contributed by atoms with E-state index < -0.39 is 5.97 Å². The van der Waals surface area contributed by atoms with Crippen LogP contribution in [-0.2, 0) is 14.3 Å². The lowest BCUT2D eigenvalue weighted by Crippen LogP contribution is -2.42. The molecule has 0 spiro atoms. The van der Waals surface area contributed by atoms with Gasteiger partial charge in [0, 0.05) is 19.5 Å². The number of ether oxygens (including phenoxy) is 1. The van der Waals surface area contributed by atoms with E-state index in [1.54, 1.807) is 0 Å². The summed E-state index contributed by atoms with van der Waals surface area (Å²) in [5.41, 5.74) is 0. The fourth-order valence-corrected chi connectivity index (χ4v) is 3.37. The summed E-state index contributed by atoms with van der Waals surface area (Å²) in [4.78, 5) is 24.7. The van der Waals surface area contributed by atoms with Crippen molar-refractivity contribution in [3.8, 4) is 0 Å². The number of carboxylic acid groups (broad SMARTS) is 1. The van der Waals surface area contributed by atoms with Gasteiger partial charge in [-0.2, -0.15) is 0 Å². The monoisotopic (exact) mass is 297 g/mol. The molecule has 1 N–H and O–H groups in total. The maximum Gasteiger partial charge on any atom is 0.303 e. The Bertz CT molecular complexity index is 352. The van der Waals surface area contributed by atoms with Gasteiger partial charge in [0.15, 0.2) is 0 Å². The first-order chi connectivity index (χ1) is 10.1. The molecule has 0 radical (unpaired) electrons. The lowest BCUT2D eigenvalue weighted by molar-refractivity contribution is -0.140. The predicted molar refractivity (Wildman–Crippen MR) is 79.0 cm³/mol. The maximum absolute atomic E-state index is 12.2. The number of carbonyl (C=O) groups is 2. The van der Waals surface area contributed by atoms with Crippen LogP contribution in [0.1, 0.15) is 57.8 Å². The van der Waals surface area contributed by atoms with E-state index in [9.17, 15) is 9.59 Å². The molecule has 120 valence electrons. The molecule has 1 heterocycles. The number of piperidine rings is 1. The third-order valence-electron chi connectivity index (χ3n) is 4.63. The molecule has 0 aromatic heterocycles. The summed E-state index contributed by atoms with van der Waals surface area (Å²) in [5.74, 6) is -0.354. The number of nitrogens with zero attached hydrogens (tertiary/aromatic N) is 1. The van der Waals surface area contributed by atoms with E-state index in [2.05, 4.69) is 0 Å². The van der Waals surface area contributed by atoms with Gasteiger partial charge in [0.2, 0.25) is 5.91 Å². The van der Waals surface area contributed by atoms with E-state index in [1.165, 1.54) is 19.3 Å². The molecular formula is C16H27NO4. The van der Waals surface area contributed by atoms with Gasteiger partial charge in [0.1, 0.15) is 6.61 Å². The highest BCUT2D eigenvalue weighted by Gasteiger charge is 2.25. The molecule has 1 aliphatic carbocycles. The number of amides is 1. The van der Waals surface area contributed by atoms with Crippen LogP contribution in [0, 0.1) is 5.92 Å². The van der Waals surface area contributed by atoms with Crippen molar-refractivity contribution in [1.29, 1.82) is 0 Å². The van der Waals surface area contributed by atoms with Crippen LogP contribution in [-0.4, -0.2) is 47.7 Å². The van der Waals surface area contributed by atoms with Gasteiger partial charge in [-0.25, -0.2) is 0 Å². The molecule has 0 bridgehead atoms. The zero-order valence-corrected chi connectivity index (χ0v) is 12.8. The molecule has 0 unspecified atom stereocenters. The first-order valence-corrected chi connectivity index (χ1v) is 8.26. The van der Waals surface area contributed by atoms with Crippen LogP contribution in [0.25, 0.3) is 0 Å². The van der Waals surface area contributed by atoms with Gasteiger partial charge in [0.05, 0.1) is 6.10 Å². The highest BCUT2D eigenvalue weighted by Crippen LogP contribution is 2.22. The summed E-state index contributed by atoms with van der Waals surface area (Å²) in [7, 11) is 0. The summed E-state index contributed by atoms with van der Waals surface area (Å²) in [5, 5.41) is 8.75. The Morgan fingerprint density at radius 3 is 2.57 bits per heavy atom. The average Bonchev–Trinajstić information content (AvgIpc) is 2.52. The summed E-state index contributed by atoms with van der Waals surface area (Å²) < 4.78 is 5.75. The maximum atomic E-state index is 12.2. The molecule has 5 heteroatoms. The van der Waals surface area contributed by atoms with Crippen LogP contribution in [0.2, 0.25) is 0 Å². The normalized spacial score (nSPS) is 24.0. The highest BCUT2D eigenvalue weighted by molar-refractivity contribution is 5.77. The number of carboxylic acids is 1. The van der Waals surface area contributed by atoms with Crippen molar-refractivity contribution >= 4 is 11.9 Å². The van der Waals surface area contributed by atoms with Crippen LogP contribution < -0.4 is 0 Å². The van der Waals surface area contributed by atoms with Crippen molar-refractivity contribution in [2.24, 2.45) is 5.92 Å². The van der Waals surface area contributed by atoms with Gasteiger partial charge in [0.25, 0.3) is 0 Å². The quantitative estimate of drug-likeness (QED) is 0.817. The van der Waals surface area contributed by atoms with E-state index in [-0.39, 0.29) is 25.0 Å². The highest BCUT2D eigenvalue weighted by atomic mass is 16.5. The lowest BCUT2D eigenvalue weighted by Gasteiger charge is -2.33. The number of likely N-dealkylation sites (tertiary alicyclic amines) is 1. The Labute approximate surface area is 126 Å². The second-order valence-electron chi connectivity index (χ2n) is 6.35. The van der Waals surface area contributed by atoms with E-state index in [1.807, 2.05) is 4.90 Å². The molecular weight excluding hydrogens is 270 g/mol. The molecule has 5 nitrogen and oxygen atoms in total. The Morgan fingerprint density at radius 1 is 1.10 bits per heavy atom. The minimum Gasteiger partial charge on any atom is -0.481 e. The van der Waals surface area contributed by atoms with Gasteiger partial charge in [-0.3, -0.25) is 9.59 Å². The Balaban J connectivity index is 1.69. The number of hydrogen-bond acceptors (Lipinski definition) is 3. The Kier molecular flexibility index (Phi) is 6.49. The van der Waals surface area contributed by atoms with E-state index in [0.29, 0.717) is 18.9 Å². The summed E-state index contributed by atoms with van der Waals surface area (Å²) in [6, 6.07) is 0. The predicted octanol–water partition coefficient (Wildman–Crippen LogP) is 2.44. The molecule has 0 aromatic rings. The number of aliphatic carboxylic acids is 1. The minimum atomic E-state index is -0.751. The smallest absolute Gasteiger partial charge is 0.303 e. The topological polar surface area (TPSA) is 66.8 Å². The first kappa shape index (κ1) is 16.3. The average molecular weight is 297 g/mol. The van der Waals surface area contributed by atoms with Crippen molar-refractivity contribution in [3.63, 3.8) is 0 Å². The molecule has 21 heavy (non-hydrogen) atoms. The standard InChI is InChI=1S/C16H27NO4/c18-15(12-21-14-6-2-1-3-7-14)17-10-4-5-13(11-17)8-9-16(19)20/h13-14H,1-12H2,(H,19,20)/t13-/m0/s1. The van der Waals surface area contributed by atoms with E-state index in [0.717, 1.165) is 32.2 Å². The summed E-state index contributed by atoms with van der Waals surface area (Å²) >= 11 is 0. The molecule has 0 aromatic carbocycles. The van der Waals surface area contributed by atoms with Crippen LogP contribution >= 0.6 is 0 Å². The van der Waals surface area contributed by atoms with Crippen LogP contribution in [0.3, 0.4) is 0 Å². The fourth-order valence-electron chi connectivity index (χ4n) is 3.37. The van der Waals surface area contributed by atoms with E-state index >= 15 is 0 Å². The molecule has 1 atom stereocenters. The van der Waals surface area contributed by atoms with Crippen molar-refractivity contribution in [2.45, 2.75) is 63.9 Å². The van der Waals surface area contributed by atoms with E-state index in [4.69, 9.17) is 9.84 Å². The zero-order chi connectivity index (χ0) is 15.1. The minimum absolute atomic E-state index is 0.0700. The Morgan fingerprint density at radius 2 is 1.86 bits per heavy atom. The molecule has 1 aliphatic heterocycles. The number of carbonyl (C=O) groups excluding carboxylic acids is 1. The third kappa shape index (κ3) is 5.65. The second kappa shape index (κ2) is 8.37. The summed E-state index contributed by atoms with van der Waals surface area (Å²) in [6.45, 7) is 1.67. The Hall–Kier alpha value is -1.10. The van der Waals surface area contributed by atoms with Crippen molar-refractivity contribution in [2.75, 3.05) is 19.7 Å². The van der Waals surface area contributed by atoms with Crippen LogP contribution in [0.15, 0.2) is 0 Å². The van der Waals surface area contributed by atoms with Crippen molar-refractivity contribution in [1.82, 2.24) is 4.90 Å². The molecule has 2 fully saturated rings. The van der Waals surface area contributed by atoms with Gasteiger partial charge < -0.3 is 14.7 Å². The lowest BCUT2D eigenvalue weighted by atomic mass is 9.93. The largest absolute Gasteiger partial charge is 0.481 e. The van der Waals surface area contributed by atoms with Gasteiger partial charge in [-0.15, -0.1) is 0 Å². The van der Waals surface area contributed by atoms with Gasteiger partial charge >= 0.3 is 5.97 Å². The van der Waals surface area contributed by atoms with Gasteiger partial charge in [-0.1, -0.05) is 19.3 Å². The van der Waals surface area contributed by atoms with Crippen molar-refractivity contribution in [3.05, 3.63) is 0 Å². The molecule has 1 saturated carbocycles. The van der Waals surface area contributed by atoms with Gasteiger partial charge in [-0.05, 0) is 38.0 Å². The number of hydrogen-bond donors (Lipinski definition) is 1.